The van der Waals surface area contributed by atoms with Gasteiger partial charge < -0.3 is 39.4 Å². The number of aliphatic hydroxyl groups is 4. The van der Waals surface area contributed by atoms with Crippen molar-refractivity contribution in [2.24, 2.45) is 0 Å². The molecule has 2 unspecified atom stereocenters. The molecule has 1 aliphatic rings. The molecule has 4 N–H and O–H groups in total. The van der Waals surface area contributed by atoms with Crippen molar-refractivity contribution in [3.63, 3.8) is 0 Å². The smallest absolute Gasteiger partial charge is 0.330 e. The number of rotatable bonds is 42. The second kappa shape index (κ2) is 41.9. The van der Waals surface area contributed by atoms with Gasteiger partial charge in [-0.2, -0.15) is 0 Å². The maximum Gasteiger partial charge on any atom is 0.330 e. The Morgan fingerprint density at radius 2 is 0.984 bits per heavy atom. The maximum absolute atomic E-state index is 12.8. The standard InChI is InChI=1S/C51H92O10/c1-3-5-7-9-11-13-15-17-19-20-21-22-23-24-26-28-30-32-34-36-38-40-47(54)60-44(43-59-51-50(57)49(56)48(55)45(41-52)61-51)42-58-46(53)39-37-35-33-31-29-27-25-18-16-14-12-10-8-6-4-2/h17,19,33,35,37,39,44-45,48-52,55-57H,3-16,18,20-32,34,36,38,40-43H2,1-2H3/b19-17+,35-33+,39-37+/t44-,45-,48+,49?,50?,51-/m1/s1. The van der Waals surface area contributed by atoms with Crippen LogP contribution in [0.3, 0.4) is 0 Å². The minimum Gasteiger partial charge on any atom is -0.458 e. The van der Waals surface area contributed by atoms with Crippen molar-refractivity contribution in [1.82, 2.24) is 0 Å². The summed E-state index contributed by atoms with van der Waals surface area (Å²) in [7, 11) is 0. The van der Waals surface area contributed by atoms with Crippen LogP contribution in [0.4, 0.5) is 0 Å². The minimum atomic E-state index is -1.61. The van der Waals surface area contributed by atoms with Gasteiger partial charge in [-0.3, -0.25) is 4.79 Å². The molecule has 0 aliphatic carbocycles. The summed E-state index contributed by atoms with van der Waals surface area (Å²) in [6.07, 6.45) is 42.1. The average molecular weight is 865 g/mol. The molecule has 0 spiro atoms. The number of carbonyl (C=O) groups is 2. The summed E-state index contributed by atoms with van der Waals surface area (Å²) in [5, 5.41) is 40.1. The maximum atomic E-state index is 12.8. The van der Waals surface area contributed by atoms with E-state index in [0.29, 0.717) is 6.42 Å². The highest BCUT2D eigenvalue weighted by Gasteiger charge is 2.44. The van der Waals surface area contributed by atoms with Crippen molar-refractivity contribution in [3.8, 4) is 0 Å². The van der Waals surface area contributed by atoms with E-state index in [-0.39, 0.29) is 19.6 Å². The van der Waals surface area contributed by atoms with Crippen molar-refractivity contribution >= 4 is 11.9 Å². The number of aliphatic hydroxyl groups excluding tert-OH is 4. The first-order valence-corrected chi connectivity index (χ1v) is 25.1. The minimum absolute atomic E-state index is 0.211. The highest BCUT2D eigenvalue weighted by Crippen LogP contribution is 2.23. The lowest BCUT2D eigenvalue weighted by Gasteiger charge is -2.39. The van der Waals surface area contributed by atoms with Crippen LogP contribution < -0.4 is 0 Å². The summed E-state index contributed by atoms with van der Waals surface area (Å²) in [6, 6.07) is 0. The highest BCUT2D eigenvalue weighted by atomic mass is 16.7. The van der Waals surface area contributed by atoms with E-state index in [0.717, 1.165) is 32.1 Å². The third-order valence-electron chi connectivity index (χ3n) is 11.6. The Kier molecular flexibility index (Phi) is 39.1. The lowest BCUT2D eigenvalue weighted by molar-refractivity contribution is -0.305. The van der Waals surface area contributed by atoms with Crippen molar-refractivity contribution < 1.29 is 49.0 Å². The van der Waals surface area contributed by atoms with Crippen LogP contribution in [0.5, 0.6) is 0 Å². The van der Waals surface area contributed by atoms with Crippen molar-refractivity contribution in [2.45, 2.75) is 256 Å². The zero-order valence-corrected chi connectivity index (χ0v) is 38.9. The molecule has 0 aromatic rings. The number of hydrogen-bond donors (Lipinski definition) is 4. The SMILES string of the molecule is CCCCCCCC/C=C/CCCCCCCCCCCCCC(=O)O[C@H](COC(=O)/C=C/C=C/CCCCCCCCCCCCC)CO[C@@H]1O[C@H](CO)[C@H](O)C(O)C1O. The average Bonchev–Trinajstić information content (AvgIpc) is 3.26. The molecular formula is C51H92O10. The Balaban J connectivity index is 2.30. The molecule has 0 radical (unpaired) electrons. The molecule has 10 nitrogen and oxygen atoms in total. The van der Waals surface area contributed by atoms with E-state index >= 15 is 0 Å². The fraction of sp³-hybridized carbons (Fsp3) is 0.843. The van der Waals surface area contributed by atoms with E-state index in [9.17, 15) is 30.0 Å². The van der Waals surface area contributed by atoms with Crippen LogP contribution in [0.2, 0.25) is 0 Å². The molecular weight excluding hydrogens is 773 g/mol. The van der Waals surface area contributed by atoms with Gasteiger partial charge in [-0.05, 0) is 44.9 Å². The quantitative estimate of drug-likeness (QED) is 0.0153. The van der Waals surface area contributed by atoms with Gasteiger partial charge in [0.15, 0.2) is 12.4 Å². The lowest BCUT2D eigenvalue weighted by Crippen LogP contribution is -2.59. The van der Waals surface area contributed by atoms with Gasteiger partial charge >= 0.3 is 11.9 Å². The highest BCUT2D eigenvalue weighted by molar-refractivity contribution is 5.82. The Morgan fingerprint density at radius 3 is 1.46 bits per heavy atom. The van der Waals surface area contributed by atoms with Crippen LogP contribution in [0.15, 0.2) is 36.5 Å². The van der Waals surface area contributed by atoms with Crippen LogP contribution in [-0.4, -0.2) is 89.0 Å². The molecule has 0 aromatic carbocycles. The van der Waals surface area contributed by atoms with Gasteiger partial charge in [0, 0.05) is 12.5 Å². The summed E-state index contributed by atoms with van der Waals surface area (Å²) in [4.78, 5) is 25.3. The van der Waals surface area contributed by atoms with Crippen LogP contribution in [0, 0.1) is 0 Å². The number of carbonyl (C=O) groups excluding carboxylic acids is 2. The number of ether oxygens (including phenoxy) is 4. The number of allylic oxidation sites excluding steroid dienone is 5. The van der Waals surface area contributed by atoms with Crippen molar-refractivity contribution in [2.75, 3.05) is 19.8 Å². The first-order valence-electron chi connectivity index (χ1n) is 25.1. The van der Waals surface area contributed by atoms with Gasteiger partial charge in [-0.1, -0.05) is 198 Å². The number of hydrogen-bond acceptors (Lipinski definition) is 10. The molecule has 10 heteroatoms. The van der Waals surface area contributed by atoms with Gasteiger partial charge in [0.2, 0.25) is 0 Å². The zero-order valence-electron chi connectivity index (χ0n) is 38.9. The number of esters is 2. The van der Waals surface area contributed by atoms with E-state index in [2.05, 4.69) is 26.0 Å². The second-order valence-corrected chi connectivity index (χ2v) is 17.3. The molecule has 1 fully saturated rings. The molecule has 0 saturated carbocycles. The summed E-state index contributed by atoms with van der Waals surface area (Å²) in [6.45, 7) is 3.32. The molecule has 0 bridgehead atoms. The predicted molar refractivity (Wildman–Crippen MR) is 247 cm³/mol. The van der Waals surface area contributed by atoms with Gasteiger partial charge in [-0.15, -0.1) is 0 Å². The third-order valence-corrected chi connectivity index (χ3v) is 11.6. The summed E-state index contributed by atoms with van der Waals surface area (Å²) in [5.74, 6) is -1.05. The van der Waals surface area contributed by atoms with E-state index < -0.39 is 55.4 Å². The van der Waals surface area contributed by atoms with Gasteiger partial charge in [0.05, 0.1) is 13.2 Å². The van der Waals surface area contributed by atoms with E-state index in [1.165, 1.54) is 167 Å². The van der Waals surface area contributed by atoms with Crippen molar-refractivity contribution in [1.29, 1.82) is 0 Å². The number of unbranched alkanes of at least 4 members (excludes halogenated alkanes) is 28. The summed E-state index contributed by atoms with van der Waals surface area (Å²) >= 11 is 0. The van der Waals surface area contributed by atoms with Crippen LogP contribution in [0.1, 0.15) is 219 Å². The fourth-order valence-corrected chi connectivity index (χ4v) is 7.63. The van der Waals surface area contributed by atoms with Crippen LogP contribution >= 0.6 is 0 Å². The fourth-order valence-electron chi connectivity index (χ4n) is 7.63. The Bertz CT molecular complexity index is 1090. The Labute approximate surface area is 372 Å². The third kappa shape index (κ3) is 33.1. The summed E-state index contributed by atoms with van der Waals surface area (Å²) in [5.41, 5.74) is 0. The Morgan fingerprint density at radius 1 is 0.541 bits per heavy atom. The van der Waals surface area contributed by atoms with Gasteiger partial charge in [0.1, 0.15) is 31.0 Å². The van der Waals surface area contributed by atoms with Crippen LogP contribution in [0.25, 0.3) is 0 Å². The molecule has 1 aliphatic heterocycles. The molecule has 356 valence electrons. The molecule has 1 heterocycles. The summed E-state index contributed by atoms with van der Waals surface area (Å²) < 4.78 is 22.0. The molecule has 61 heavy (non-hydrogen) atoms. The topological polar surface area (TPSA) is 152 Å². The molecule has 0 aromatic heterocycles. The van der Waals surface area contributed by atoms with Crippen LogP contribution in [-0.2, 0) is 28.5 Å². The first-order chi connectivity index (χ1) is 29.8. The molecule has 0 amide bonds. The van der Waals surface area contributed by atoms with E-state index in [1.807, 2.05) is 12.2 Å². The molecule has 1 rings (SSSR count). The second-order valence-electron chi connectivity index (χ2n) is 17.3. The Hall–Kier alpha value is -2.08. The van der Waals surface area contributed by atoms with E-state index in [4.69, 9.17) is 18.9 Å². The predicted octanol–water partition coefficient (Wildman–Crippen LogP) is 11.4. The molecule has 1 saturated heterocycles. The first kappa shape index (κ1) is 56.9. The van der Waals surface area contributed by atoms with E-state index in [1.54, 1.807) is 6.08 Å². The van der Waals surface area contributed by atoms with Gasteiger partial charge in [0.25, 0.3) is 0 Å². The van der Waals surface area contributed by atoms with Crippen molar-refractivity contribution in [3.05, 3.63) is 36.5 Å². The zero-order chi connectivity index (χ0) is 44.4. The molecule has 6 atom stereocenters. The van der Waals surface area contributed by atoms with Gasteiger partial charge in [-0.25, -0.2) is 4.79 Å². The normalized spacial score (nSPS) is 20.0. The monoisotopic (exact) mass is 865 g/mol. The lowest BCUT2D eigenvalue weighted by atomic mass is 9.99. The largest absolute Gasteiger partial charge is 0.458 e.